The zero-order valence-corrected chi connectivity index (χ0v) is 16.6. The molecule has 1 saturated heterocycles. The highest BCUT2D eigenvalue weighted by Gasteiger charge is 2.27. The molecular weight excluding hydrogens is 382 g/mol. The number of aromatic nitrogens is 2. The minimum atomic E-state index is -3.75. The number of hydrogen-bond acceptors (Lipinski definition) is 5. The van der Waals surface area contributed by atoms with Crippen LogP contribution >= 0.6 is 0 Å². The predicted octanol–water partition coefficient (Wildman–Crippen LogP) is -0.508. The van der Waals surface area contributed by atoms with Gasteiger partial charge in [0, 0.05) is 39.9 Å². The number of sulfonamides is 1. The second kappa shape index (κ2) is 7.98. The number of nitrogens with zero attached hydrogens (tertiary/aromatic N) is 5. The highest BCUT2D eigenvalue weighted by molar-refractivity contribution is 7.89. The molecule has 28 heavy (non-hydrogen) atoms. The molecule has 3 rings (SSSR count). The molecule has 10 nitrogen and oxygen atoms in total. The van der Waals surface area contributed by atoms with Crippen molar-refractivity contribution in [1.29, 1.82) is 0 Å². The summed E-state index contributed by atoms with van der Waals surface area (Å²) >= 11 is 0. The van der Waals surface area contributed by atoms with Crippen LogP contribution in [0.4, 0.5) is 5.69 Å². The zero-order chi connectivity index (χ0) is 20.3. The molecular formula is C17H23N7O3S. The van der Waals surface area contributed by atoms with Crippen LogP contribution in [0.3, 0.4) is 0 Å². The van der Waals surface area contributed by atoms with Crippen LogP contribution in [0.2, 0.25) is 0 Å². The summed E-state index contributed by atoms with van der Waals surface area (Å²) in [5, 5.41) is 12.4. The minimum absolute atomic E-state index is 0.0431. The molecule has 1 fully saturated rings. The molecule has 0 aliphatic carbocycles. The maximum Gasteiger partial charge on any atom is 0.246 e. The number of benzene rings is 1. The highest BCUT2D eigenvalue weighted by Crippen LogP contribution is 2.16. The SMILES string of the molecule is CN=C(NCc1cccc(S(N)(=O)=O)c1)N1CCN(c2cnn(C)c2)C(=O)C1. The summed E-state index contributed by atoms with van der Waals surface area (Å²) in [5.41, 5.74) is 1.52. The molecule has 1 aliphatic rings. The van der Waals surface area contributed by atoms with Gasteiger partial charge in [-0.2, -0.15) is 5.10 Å². The van der Waals surface area contributed by atoms with Gasteiger partial charge >= 0.3 is 0 Å². The van der Waals surface area contributed by atoms with Crippen LogP contribution in [0.25, 0.3) is 0 Å². The molecule has 2 aromatic rings. The first-order chi connectivity index (χ1) is 13.3. The van der Waals surface area contributed by atoms with Crippen LogP contribution in [0.5, 0.6) is 0 Å². The quantitative estimate of drug-likeness (QED) is 0.521. The van der Waals surface area contributed by atoms with Gasteiger partial charge in [0.15, 0.2) is 5.96 Å². The predicted molar refractivity (Wildman–Crippen MR) is 105 cm³/mol. The fourth-order valence-electron chi connectivity index (χ4n) is 3.02. The fourth-order valence-corrected chi connectivity index (χ4v) is 3.60. The van der Waals surface area contributed by atoms with E-state index in [2.05, 4.69) is 15.4 Å². The molecule has 150 valence electrons. The molecule has 2 heterocycles. The average Bonchev–Trinajstić information content (AvgIpc) is 3.08. The Labute approximate surface area is 163 Å². The number of piperazine rings is 1. The fraction of sp³-hybridized carbons (Fsp3) is 0.353. The van der Waals surface area contributed by atoms with Crippen molar-refractivity contribution < 1.29 is 13.2 Å². The summed E-state index contributed by atoms with van der Waals surface area (Å²) in [5.74, 6) is 0.526. The van der Waals surface area contributed by atoms with E-state index >= 15 is 0 Å². The summed E-state index contributed by atoms with van der Waals surface area (Å²) in [6, 6.07) is 6.39. The Morgan fingerprint density at radius 2 is 2.14 bits per heavy atom. The molecule has 0 radical (unpaired) electrons. The van der Waals surface area contributed by atoms with Gasteiger partial charge in [0.25, 0.3) is 0 Å². The summed E-state index contributed by atoms with van der Waals surface area (Å²) in [6.45, 7) is 1.67. The van der Waals surface area contributed by atoms with Crippen LogP contribution in [-0.2, 0) is 28.4 Å². The van der Waals surface area contributed by atoms with E-state index in [1.807, 2.05) is 4.90 Å². The third-order valence-corrected chi connectivity index (χ3v) is 5.32. The second-order valence-corrected chi connectivity index (χ2v) is 7.99. The normalized spacial score (nSPS) is 15.8. The van der Waals surface area contributed by atoms with Crippen LogP contribution in [-0.4, -0.2) is 61.6 Å². The Morgan fingerprint density at radius 3 is 2.75 bits per heavy atom. The largest absolute Gasteiger partial charge is 0.352 e. The molecule has 11 heteroatoms. The number of carbonyl (C=O) groups is 1. The van der Waals surface area contributed by atoms with Crippen molar-refractivity contribution in [2.45, 2.75) is 11.4 Å². The van der Waals surface area contributed by atoms with Crippen molar-refractivity contribution >= 4 is 27.6 Å². The molecule has 1 aromatic heterocycles. The molecule has 0 atom stereocenters. The van der Waals surface area contributed by atoms with Crippen LogP contribution in [0, 0.1) is 0 Å². The van der Waals surface area contributed by atoms with Crippen molar-refractivity contribution in [3.8, 4) is 0 Å². The number of amides is 1. The van der Waals surface area contributed by atoms with Gasteiger partial charge in [-0.1, -0.05) is 12.1 Å². The Kier molecular flexibility index (Phi) is 5.66. The van der Waals surface area contributed by atoms with Crippen molar-refractivity contribution in [3.05, 3.63) is 42.2 Å². The molecule has 1 amide bonds. The van der Waals surface area contributed by atoms with Crippen LogP contribution in [0.1, 0.15) is 5.56 Å². The molecule has 3 N–H and O–H groups in total. The van der Waals surface area contributed by atoms with Gasteiger partial charge in [-0.3, -0.25) is 14.5 Å². The monoisotopic (exact) mass is 405 g/mol. The van der Waals surface area contributed by atoms with Crippen molar-refractivity contribution in [1.82, 2.24) is 20.0 Å². The number of aryl methyl sites for hydroxylation is 1. The lowest BCUT2D eigenvalue weighted by Crippen LogP contribution is -2.55. The number of nitrogens with one attached hydrogen (secondary N) is 1. The average molecular weight is 405 g/mol. The number of hydrogen-bond donors (Lipinski definition) is 2. The van der Waals surface area contributed by atoms with Gasteiger partial charge in [0.1, 0.15) is 6.54 Å². The third kappa shape index (κ3) is 4.49. The first-order valence-electron chi connectivity index (χ1n) is 8.64. The number of anilines is 1. The number of rotatable bonds is 4. The number of guanidine groups is 1. The molecule has 0 bridgehead atoms. The zero-order valence-electron chi connectivity index (χ0n) is 15.7. The summed E-state index contributed by atoms with van der Waals surface area (Å²) in [4.78, 5) is 20.4. The first-order valence-corrected chi connectivity index (χ1v) is 10.2. The molecule has 1 aromatic carbocycles. The van der Waals surface area contributed by atoms with Crippen LogP contribution in [0.15, 0.2) is 46.5 Å². The smallest absolute Gasteiger partial charge is 0.246 e. The van der Waals surface area contributed by atoms with Gasteiger partial charge in [-0.25, -0.2) is 13.6 Å². The van der Waals surface area contributed by atoms with E-state index < -0.39 is 10.0 Å². The minimum Gasteiger partial charge on any atom is -0.352 e. The van der Waals surface area contributed by atoms with Crippen molar-refractivity contribution in [2.75, 3.05) is 31.6 Å². The van der Waals surface area contributed by atoms with Crippen LogP contribution < -0.4 is 15.4 Å². The maximum atomic E-state index is 12.5. The molecule has 1 aliphatic heterocycles. The number of aliphatic imine (C=N–C) groups is 1. The highest BCUT2D eigenvalue weighted by atomic mass is 32.2. The molecule has 0 spiro atoms. The Balaban J connectivity index is 1.63. The summed E-state index contributed by atoms with van der Waals surface area (Å²) < 4.78 is 24.6. The van der Waals surface area contributed by atoms with Crippen molar-refractivity contribution in [2.24, 2.45) is 17.2 Å². The number of nitrogens with two attached hydrogens (primary N) is 1. The van der Waals surface area contributed by atoms with E-state index in [0.29, 0.717) is 25.6 Å². The molecule has 0 unspecified atom stereocenters. The van der Waals surface area contributed by atoms with Crippen molar-refractivity contribution in [3.63, 3.8) is 0 Å². The van der Waals surface area contributed by atoms with Gasteiger partial charge in [-0.15, -0.1) is 0 Å². The third-order valence-electron chi connectivity index (χ3n) is 4.41. The standard InChI is InChI=1S/C17H23N7O3S/c1-19-17(20-9-13-4-3-5-15(8-13)28(18,26)27)23-6-7-24(16(25)12-23)14-10-21-22(2)11-14/h3-5,8,10-11H,6-7,9,12H2,1-2H3,(H,19,20)(H2,18,26,27). The lowest BCUT2D eigenvalue weighted by molar-refractivity contribution is -0.120. The number of carbonyl (C=O) groups excluding carboxylic acids is 1. The van der Waals surface area contributed by atoms with Gasteiger partial charge < -0.3 is 15.1 Å². The maximum absolute atomic E-state index is 12.5. The Hall–Kier alpha value is -2.92. The van der Waals surface area contributed by atoms with Gasteiger partial charge in [-0.05, 0) is 17.7 Å². The van der Waals surface area contributed by atoms with Gasteiger partial charge in [0.2, 0.25) is 15.9 Å². The summed E-state index contributed by atoms with van der Waals surface area (Å²) in [7, 11) is -0.307. The Morgan fingerprint density at radius 1 is 1.36 bits per heavy atom. The van der Waals surface area contributed by atoms with E-state index in [1.54, 1.807) is 48.2 Å². The first kappa shape index (κ1) is 19.8. The topological polar surface area (TPSA) is 126 Å². The number of primary sulfonamides is 1. The molecule has 0 saturated carbocycles. The lowest BCUT2D eigenvalue weighted by Gasteiger charge is -2.35. The Bertz CT molecular complexity index is 1000. The van der Waals surface area contributed by atoms with E-state index in [-0.39, 0.29) is 17.3 Å². The lowest BCUT2D eigenvalue weighted by atomic mass is 10.2. The second-order valence-electron chi connectivity index (χ2n) is 6.43. The van der Waals surface area contributed by atoms with E-state index in [4.69, 9.17) is 5.14 Å². The van der Waals surface area contributed by atoms with E-state index in [0.717, 1.165) is 11.3 Å². The summed E-state index contributed by atoms with van der Waals surface area (Å²) in [6.07, 6.45) is 3.47. The van der Waals surface area contributed by atoms with Gasteiger partial charge in [0.05, 0.1) is 16.8 Å². The van der Waals surface area contributed by atoms with E-state index in [1.165, 1.54) is 12.1 Å². The van der Waals surface area contributed by atoms with E-state index in [9.17, 15) is 13.2 Å².